The zero-order valence-electron chi connectivity index (χ0n) is 15.8. The Morgan fingerprint density at radius 3 is 2.61 bits per heavy atom. The van der Waals surface area contributed by atoms with Crippen LogP contribution in [0.1, 0.15) is 18.1 Å². The van der Waals surface area contributed by atoms with Crippen LogP contribution in [0.4, 0.5) is 5.69 Å². The number of hydrogen-bond donors (Lipinski definition) is 1. The monoisotopic (exact) mass is 396 g/mol. The average Bonchev–Trinajstić information content (AvgIpc) is 2.69. The van der Waals surface area contributed by atoms with Crippen LogP contribution in [0.2, 0.25) is 5.02 Å². The van der Waals surface area contributed by atoms with Crippen molar-refractivity contribution in [1.29, 1.82) is 5.26 Å². The number of halogens is 1. The molecule has 0 spiro atoms. The predicted octanol–water partition coefficient (Wildman–Crippen LogP) is 5.02. The van der Waals surface area contributed by atoms with Crippen LogP contribution in [0.5, 0.6) is 11.5 Å². The number of amides is 1. The second-order valence-electron chi connectivity index (χ2n) is 5.77. The lowest BCUT2D eigenvalue weighted by molar-refractivity contribution is -0.112. The van der Waals surface area contributed by atoms with Gasteiger partial charge in [-0.1, -0.05) is 17.7 Å². The van der Waals surface area contributed by atoms with E-state index >= 15 is 0 Å². The molecule has 1 amide bonds. The molecule has 2 aromatic carbocycles. The second kappa shape index (κ2) is 10.2. The van der Waals surface area contributed by atoms with Crippen molar-refractivity contribution in [3.8, 4) is 17.6 Å². The van der Waals surface area contributed by atoms with Gasteiger partial charge >= 0.3 is 0 Å². The second-order valence-corrected chi connectivity index (χ2v) is 6.20. The van der Waals surface area contributed by atoms with Crippen molar-refractivity contribution in [3.05, 3.63) is 70.8 Å². The molecule has 2 aromatic rings. The first kappa shape index (κ1) is 21.1. The number of rotatable bonds is 8. The fourth-order valence-corrected chi connectivity index (χ4v) is 2.71. The maximum absolute atomic E-state index is 12.5. The van der Waals surface area contributed by atoms with Gasteiger partial charge in [-0.05, 0) is 61.4 Å². The number of carbonyl (C=O) groups is 1. The van der Waals surface area contributed by atoms with E-state index in [0.717, 1.165) is 5.56 Å². The number of ether oxygens (including phenoxy) is 2. The fraction of sp³-hybridized carbons (Fsp3) is 0.182. The summed E-state index contributed by atoms with van der Waals surface area (Å²) < 4.78 is 11.1. The number of methoxy groups -OCH3 is 1. The maximum Gasteiger partial charge on any atom is 0.266 e. The van der Waals surface area contributed by atoms with Crippen LogP contribution in [-0.4, -0.2) is 19.6 Å². The molecular weight excluding hydrogens is 376 g/mol. The fourth-order valence-electron chi connectivity index (χ4n) is 2.58. The first-order valence-electron chi connectivity index (χ1n) is 8.65. The van der Waals surface area contributed by atoms with Gasteiger partial charge in [-0.2, -0.15) is 5.26 Å². The molecule has 0 aliphatic carbocycles. The lowest BCUT2D eigenvalue weighted by Gasteiger charge is -2.15. The highest BCUT2D eigenvalue weighted by molar-refractivity contribution is 6.30. The minimum absolute atomic E-state index is 0.0364. The molecule has 0 fully saturated rings. The van der Waals surface area contributed by atoms with Gasteiger partial charge in [0.2, 0.25) is 0 Å². The van der Waals surface area contributed by atoms with E-state index in [2.05, 4.69) is 11.9 Å². The molecule has 5 nitrogen and oxygen atoms in total. The van der Waals surface area contributed by atoms with Crippen LogP contribution in [0.3, 0.4) is 0 Å². The molecular formula is C22H21ClN2O3. The number of carbonyl (C=O) groups excluding carboxylic acids is 1. The number of allylic oxidation sites excluding steroid dienone is 1. The summed E-state index contributed by atoms with van der Waals surface area (Å²) in [5, 5.41) is 12.7. The molecule has 6 heteroatoms. The van der Waals surface area contributed by atoms with E-state index in [4.69, 9.17) is 21.1 Å². The Bertz CT molecular complexity index is 928. The molecule has 0 atom stereocenters. The summed E-state index contributed by atoms with van der Waals surface area (Å²) in [5.74, 6) is 0.650. The van der Waals surface area contributed by atoms with Gasteiger partial charge in [-0.3, -0.25) is 4.79 Å². The molecule has 144 valence electrons. The molecule has 0 heterocycles. The van der Waals surface area contributed by atoms with Crippen LogP contribution in [-0.2, 0) is 11.2 Å². The number of nitrogens with one attached hydrogen (secondary N) is 1. The van der Waals surface area contributed by atoms with Crippen LogP contribution >= 0.6 is 11.6 Å². The SMILES string of the molecule is C=CCc1cc(/C=C(\C#N)C(=O)Nc2ccc(Cl)cc2)cc(OC)c1OCC. The van der Waals surface area contributed by atoms with Gasteiger partial charge in [0, 0.05) is 16.3 Å². The highest BCUT2D eigenvalue weighted by Crippen LogP contribution is 2.34. The van der Waals surface area contributed by atoms with Gasteiger partial charge < -0.3 is 14.8 Å². The molecule has 1 N–H and O–H groups in total. The van der Waals surface area contributed by atoms with E-state index in [9.17, 15) is 10.1 Å². The third-order valence-corrected chi connectivity index (χ3v) is 4.06. The zero-order chi connectivity index (χ0) is 20.5. The summed E-state index contributed by atoms with van der Waals surface area (Å²) in [5.41, 5.74) is 2.02. The first-order valence-corrected chi connectivity index (χ1v) is 9.03. The summed E-state index contributed by atoms with van der Waals surface area (Å²) in [6, 6.07) is 12.2. The topological polar surface area (TPSA) is 71.4 Å². The number of benzene rings is 2. The normalized spacial score (nSPS) is 10.7. The molecule has 2 rings (SSSR count). The van der Waals surface area contributed by atoms with E-state index in [1.807, 2.05) is 19.1 Å². The third-order valence-electron chi connectivity index (χ3n) is 3.81. The van der Waals surface area contributed by atoms with Crippen molar-refractivity contribution in [2.75, 3.05) is 19.0 Å². The van der Waals surface area contributed by atoms with Crippen LogP contribution in [0, 0.1) is 11.3 Å². The van der Waals surface area contributed by atoms with E-state index in [-0.39, 0.29) is 5.57 Å². The molecule has 0 aliphatic rings. The molecule has 28 heavy (non-hydrogen) atoms. The number of nitriles is 1. The lowest BCUT2D eigenvalue weighted by Crippen LogP contribution is -2.13. The van der Waals surface area contributed by atoms with E-state index in [0.29, 0.717) is 40.8 Å². The molecule has 0 unspecified atom stereocenters. The standard InChI is InChI=1S/C22H21ClN2O3/c1-4-6-16-11-15(13-20(27-3)21(16)28-5-2)12-17(14-24)22(26)25-19-9-7-18(23)8-10-19/h4,7-13H,1,5-6H2,2-3H3,(H,25,26)/b17-12+. The highest BCUT2D eigenvalue weighted by atomic mass is 35.5. The van der Waals surface area contributed by atoms with Gasteiger partial charge in [-0.25, -0.2) is 0 Å². The minimum Gasteiger partial charge on any atom is -0.493 e. The summed E-state index contributed by atoms with van der Waals surface area (Å²) in [6.45, 7) is 6.14. The lowest BCUT2D eigenvalue weighted by atomic mass is 10.0. The molecule has 0 saturated carbocycles. The summed E-state index contributed by atoms with van der Waals surface area (Å²) >= 11 is 5.84. The number of hydrogen-bond acceptors (Lipinski definition) is 4. The van der Waals surface area contributed by atoms with E-state index in [1.54, 1.807) is 43.5 Å². The van der Waals surface area contributed by atoms with Gasteiger partial charge in [-0.15, -0.1) is 6.58 Å². The van der Waals surface area contributed by atoms with Crippen LogP contribution < -0.4 is 14.8 Å². The molecule has 0 aliphatic heterocycles. The summed E-state index contributed by atoms with van der Waals surface area (Å²) in [6.07, 6.45) is 3.82. The highest BCUT2D eigenvalue weighted by Gasteiger charge is 2.14. The van der Waals surface area contributed by atoms with E-state index < -0.39 is 5.91 Å². The van der Waals surface area contributed by atoms with Crippen molar-refractivity contribution < 1.29 is 14.3 Å². The smallest absolute Gasteiger partial charge is 0.266 e. The Morgan fingerprint density at radius 2 is 2.04 bits per heavy atom. The van der Waals surface area contributed by atoms with Gasteiger partial charge in [0.15, 0.2) is 11.5 Å². The van der Waals surface area contributed by atoms with Crippen molar-refractivity contribution in [3.63, 3.8) is 0 Å². The summed E-state index contributed by atoms with van der Waals surface area (Å²) in [7, 11) is 1.54. The van der Waals surface area contributed by atoms with Crippen LogP contribution in [0.25, 0.3) is 6.08 Å². The minimum atomic E-state index is -0.511. The predicted molar refractivity (Wildman–Crippen MR) is 112 cm³/mol. The van der Waals surface area contributed by atoms with Crippen molar-refractivity contribution >= 4 is 29.3 Å². The Labute approximate surface area is 169 Å². The van der Waals surface area contributed by atoms with Gasteiger partial charge in [0.25, 0.3) is 5.91 Å². The van der Waals surface area contributed by atoms with Gasteiger partial charge in [0.05, 0.1) is 13.7 Å². The van der Waals surface area contributed by atoms with Crippen LogP contribution in [0.15, 0.2) is 54.6 Å². The Balaban J connectivity index is 2.37. The quantitative estimate of drug-likeness (QED) is 0.386. The van der Waals surface area contributed by atoms with Crippen molar-refractivity contribution in [2.24, 2.45) is 0 Å². The number of nitrogens with zero attached hydrogens (tertiary/aromatic N) is 1. The van der Waals surface area contributed by atoms with Crippen molar-refractivity contribution in [2.45, 2.75) is 13.3 Å². The zero-order valence-corrected chi connectivity index (χ0v) is 16.5. The molecule has 0 bridgehead atoms. The largest absolute Gasteiger partial charge is 0.493 e. The number of anilines is 1. The Morgan fingerprint density at radius 1 is 1.32 bits per heavy atom. The third kappa shape index (κ3) is 5.38. The Kier molecular flexibility index (Phi) is 7.67. The Hall–Kier alpha value is -3.23. The summed E-state index contributed by atoms with van der Waals surface area (Å²) in [4.78, 5) is 12.5. The van der Waals surface area contributed by atoms with Gasteiger partial charge in [0.1, 0.15) is 11.6 Å². The maximum atomic E-state index is 12.5. The average molecular weight is 397 g/mol. The molecule has 0 aromatic heterocycles. The van der Waals surface area contributed by atoms with Crippen molar-refractivity contribution in [1.82, 2.24) is 0 Å². The first-order chi connectivity index (χ1) is 13.5. The van der Waals surface area contributed by atoms with E-state index in [1.165, 1.54) is 6.08 Å². The molecule has 0 saturated heterocycles. The molecule has 0 radical (unpaired) electrons.